The Morgan fingerprint density at radius 2 is 1.96 bits per heavy atom. The summed E-state index contributed by atoms with van der Waals surface area (Å²) >= 11 is 5.97. The van der Waals surface area contributed by atoms with E-state index in [0.29, 0.717) is 0 Å². The lowest BCUT2D eigenvalue weighted by Gasteiger charge is -2.18. The van der Waals surface area contributed by atoms with Crippen molar-refractivity contribution in [3.63, 3.8) is 0 Å². The topological polar surface area (TPSA) is 92.3 Å². The second-order valence-corrected chi connectivity index (χ2v) is 8.37. The molecule has 1 aliphatic carbocycles. The minimum Gasteiger partial charge on any atom is -0.352 e. The highest BCUT2D eigenvalue weighted by Gasteiger charge is 2.29. The molecule has 0 spiro atoms. The van der Waals surface area contributed by atoms with E-state index in [1.165, 1.54) is 0 Å². The summed E-state index contributed by atoms with van der Waals surface area (Å²) in [5.74, 6) is -1.05. The summed E-state index contributed by atoms with van der Waals surface area (Å²) in [6.45, 7) is 0. The van der Waals surface area contributed by atoms with Crippen LogP contribution in [0.15, 0.2) is 24.3 Å². The number of benzene rings is 1. The predicted molar refractivity (Wildman–Crippen MR) is 88.2 cm³/mol. The molecule has 0 radical (unpaired) electrons. The van der Waals surface area contributed by atoms with Gasteiger partial charge in [0, 0.05) is 12.3 Å². The van der Waals surface area contributed by atoms with Crippen molar-refractivity contribution in [2.75, 3.05) is 12.0 Å². The number of nitrogens with one attached hydrogen (secondary N) is 2. The average molecular weight is 359 g/mol. The van der Waals surface area contributed by atoms with E-state index >= 15 is 0 Å². The normalized spacial score (nSPS) is 15.7. The van der Waals surface area contributed by atoms with Gasteiger partial charge < -0.3 is 10.6 Å². The van der Waals surface area contributed by atoms with Gasteiger partial charge in [-0.1, -0.05) is 23.7 Å². The lowest BCUT2D eigenvalue weighted by atomic mass is 10.1. The molecule has 126 valence electrons. The molecule has 1 aliphatic rings. The summed E-state index contributed by atoms with van der Waals surface area (Å²) in [7, 11) is -3.23. The maximum atomic E-state index is 12.3. The van der Waals surface area contributed by atoms with E-state index in [1.807, 2.05) is 0 Å². The van der Waals surface area contributed by atoms with Gasteiger partial charge in [-0.05, 0) is 31.4 Å². The molecule has 2 rings (SSSR count). The molecule has 2 amide bonds. The number of halogens is 1. The first kappa shape index (κ1) is 17.7. The molecule has 1 fully saturated rings. The van der Waals surface area contributed by atoms with Crippen LogP contribution >= 0.6 is 11.6 Å². The maximum Gasteiger partial charge on any atom is 0.253 e. The van der Waals surface area contributed by atoms with E-state index in [-0.39, 0.29) is 34.7 Å². The maximum absolute atomic E-state index is 12.3. The molecule has 1 aromatic rings. The number of amides is 2. The molecule has 6 nitrogen and oxygen atoms in total. The average Bonchev–Trinajstić information content (AvgIpc) is 3.26. The molecule has 1 saturated carbocycles. The van der Waals surface area contributed by atoms with E-state index in [4.69, 9.17) is 11.6 Å². The number of hydrogen-bond acceptors (Lipinski definition) is 4. The highest BCUT2D eigenvalue weighted by Crippen LogP contribution is 2.19. The molecule has 0 heterocycles. The van der Waals surface area contributed by atoms with Crippen molar-refractivity contribution in [3.8, 4) is 0 Å². The zero-order valence-electron chi connectivity index (χ0n) is 12.7. The zero-order valence-corrected chi connectivity index (χ0v) is 14.3. The van der Waals surface area contributed by atoms with E-state index in [2.05, 4.69) is 10.6 Å². The Kier molecular flexibility index (Phi) is 5.64. The van der Waals surface area contributed by atoms with E-state index in [0.717, 1.165) is 19.1 Å². The first-order valence-electron chi connectivity index (χ1n) is 7.30. The second-order valence-electron chi connectivity index (χ2n) is 5.71. The van der Waals surface area contributed by atoms with Crippen LogP contribution in [0.4, 0.5) is 0 Å². The standard InChI is InChI=1S/C15H19ClN2O4S/c1-23(21,22)9-8-13(15(20)17-10-6-7-10)18-14(19)11-4-2-3-5-12(11)16/h2-5,10,13H,6-9H2,1H3,(H,17,20)(H,18,19)/t13-/m1/s1. The lowest BCUT2D eigenvalue weighted by Crippen LogP contribution is -2.48. The minimum atomic E-state index is -3.23. The largest absolute Gasteiger partial charge is 0.352 e. The van der Waals surface area contributed by atoms with Crippen molar-refractivity contribution < 1.29 is 18.0 Å². The molecule has 0 aliphatic heterocycles. The predicted octanol–water partition coefficient (Wildman–Crippen LogP) is 1.15. The Hall–Kier alpha value is -1.60. The van der Waals surface area contributed by atoms with Crippen molar-refractivity contribution in [1.82, 2.24) is 10.6 Å². The monoisotopic (exact) mass is 358 g/mol. The summed E-state index contributed by atoms with van der Waals surface area (Å²) in [5, 5.41) is 5.63. The van der Waals surface area contributed by atoms with Crippen LogP contribution in [0.5, 0.6) is 0 Å². The first-order valence-corrected chi connectivity index (χ1v) is 9.73. The van der Waals surface area contributed by atoms with Gasteiger partial charge in [0.2, 0.25) is 5.91 Å². The highest BCUT2D eigenvalue weighted by molar-refractivity contribution is 7.90. The van der Waals surface area contributed by atoms with Gasteiger partial charge >= 0.3 is 0 Å². The Balaban J connectivity index is 2.07. The van der Waals surface area contributed by atoms with Gasteiger partial charge in [0.05, 0.1) is 16.3 Å². The Morgan fingerprint density at radius 1 is 1.30 bits per heavy atom. The fourth-order valence-corrected chi connectivity index (χ4v) is 2.90. The third-order valence-corrected chi connectivity index (χ3v) is 4.75. The lowest BCUT2D eigenvalue weighted by molar-refractivity contribution is -0.123. The minimum absolute atomic E-state index is 0.0214. The van der Waals surface area contributed by atoms with Gasteiger partial charge in [-0.15, -0.1) is 0 Å². The number of rotatable bonds is 7. The summed E-state index contributed by atoms with van der Waals surface area (Å²) < 4.78 is 22.7. The summed E-state index contributed by atoms with van der Waals surface area (Å²) in [6, 6.07) is 5.70. The molecule has 0 aromatic heterocycles. The number of carbonyl (C=O) groups is 2. The van der Waals surface area contributed by atoms with Gasteiger partial charge in [0.1, 0.15) is 15.9 Å². The number of carbonyl (C=O) groups excluding carboxylic acids is 2. The van der Waals surface area contributed by atoms with Crippen LogP contribution in [0.25, 0.3) is 0 Å². The smallest absolute Gasteiger partial charge is 0.253 e. The molecule has 0 saturated heterocycles. The molecular formula is C15H19ClN2O4S. The summed E-state index contributed by atoms with van der Waals surface area (Å²) in [5.41, 5.74) is 0.248. The van der Waals surface area contributed by atoms with Crippen LogP contribution in [-0.2, 0) is 14.6 Å². The van der Waals surface area contributed by atoms with Gasteiger partial charge in [-0.3, -0.25) is 9.59 Å². The van der Waals surface area contributed by atoms with Gasteiger partial charge in [0.25, 0.3) is 5.91 Å². The summed E-state index contributed by atoms with van der Waals surface area (Å²) in [6.07, 6.45) is 2.93. The highest BCUT2D eigenvalue weighted by atomic mass is 35.5. The van der Waals surface area contributed by atoms with E-state index in [1.54, 1.807) is 24.3 Å². The Morgan fingerprint density at radius 3 is 2.52 bits per heavy atom. The quantitative estimate of drug-likeness (QED) is 0.764. The fourth-order valence-electron chi connectivity index (χ4n) is 2.01. The van der Waals surface area contributed by atoms with Crippen molar-refractivity contribution in [2.24, 2.45) is 0 Å². The van der Waals surface area contributed by atoms with Crippen molar-refractivity contribution in [1.29, 1.82) is 0 Å². The van der Waals surface area contributed by atoms with E-state index in [9.17, 15) is 18.0 Å². The van der Waals surface area contributed by atoms with Gasteiger partial charge in [0.15, 0.2) is 0 Å². The van der Waals surface area contributed by atoms with Crippen molar-refractivity contribution in [3.05, 3.63) is 34.9 Å². The number of hydrogen-bond donors (Lipinski definition) is 2. The van der Waals surface area contributed by atoms with Crippen LogP contribution in [0.2, 0.25) is 5.02 Å². The molecular weight excluding hydrogens is 340 g/mol. The van der Waals surface area contributed by atoms with Gasteiger partial charge in [-0.25, -0.2) is 8.42 Å². The zero-order chi connectivity index (χ0) is 17.0. The SMILES string of the molecule is CS(=O)(=O)CC[C@@H](NC(=O)c1ccccc1Cl)C(=O)NC1CC1. The third kappa shape index (κ3) is 5.84. The molecule has 23 heavy (non-hydrogen) atoms. The van der Waals surface area contributed by atoms with Crippen molar-refractivity contribution in [2.45, 2.75) is 31.3 Å². The van der Waals surface area contributed by atoms with Crippen LogP contribution in [0.1, 0.15) is 29.6 Å². The molecule has 8 heteroatoms. The van der Waals surface area contributed by atoms with Crippen LogP contribution in [-0.4, -0.2) is 44.3 Å². The van der Waals surface area contributed by atoms with E-state index < -0.39 is 21.8 Å². The number of sulfone groups is 1. The summed E-state index contributed by atoms with van der Waals surface area (Å²) in [4.78, 5) is 24.5. The van der Waals surface area contributed by atoms with Crippen molar-refractivity contribution >= 4 is 33.3 Å². The first-order chi connectivity index (χ1) is 10.8. The van der Waals surface area contributed by atoms with Crippen LogP contribution < -0.4 is 10.6 Å². The second kappa shape index (κ2) is 7.31. The van der Waals surface area contributed by atoms with Crippen LogP contribution in [0, 0.1) is 0 Å². The molecule has 2 N–H and O–H groups in total. The molecule has 0 unspecified atom stereocenters. The fraction of sp³-hybridized carbons (Fsp3) is 0.467. The molecule has 0 bridgehead atoms. The third-order valence-electron chi connectivity index (χ3n) is 3.44. The van der Waals surface area contributed by atoms with Crippen LogP contribution in [0.3, 0.4) is 0 Å². The Bertz CT molecular complexity index is 701. The van der Waals surface area contributed by atoms with Gasteiger partial charge in [-0.2, -0.15) is 0 Å². The molecule has 1 aromatic carbocycles. The molecule has 1 atom stereocenters. The Labute approximate surface area is 140 Å².